The van der Waals surface area contributed by atoms with Crippen LogP contribution in [0.1, 0.15) is 18.1 Å². The zero-order valence-corrected chi connectivity index (χ0v) is 23.7. The van der Waals surface area contributed by atoms with Gasteiger partial charge >= 0.3 is 12.3 Å². The average Bonchev–Trinajstić information content (AvgIpc) is 2.98. The van der Waals surface area contributed by atoms with E-state index in [9.17, 15) is 27.9 Å². The maximum Gasteiger partial charge on any atom is 0.573 e. The van der Waals surface area contributed by atoms with Gasteiger partial charge in [-0.1, -0.05) is 42.5 Å². The number of amides is 1. The first-order chi connectivity index (χ1) is 21.0. The van der Waals surface area contributed by atoms with E-state index < -0.39 is 23.7 Å². The Morgan fingerprint density at radius 1 is 0.705 bits per heavy atom. The van der Waals surface area contributed by atoms with Crippen molar-refractivity contribution < 1.29 is 46.8 Å². The van der Waals surface area contributed by atoms with Crippen molar-refractivity contribution in [1.82, 2.24) is 5.32 Å². The molecule has 44 heavy (non-hydrogen) atoms. The third kappa shape index (κ3) is 9.97. The lowest BCUT2D eigenvalue weighted by Gasteiger charge is -2.26. The molecule has 0 unspecified atom stereocenters. The fourth-order valence-electron chi connectivity index (χ4n) is 4.11. The number of carboxylic acids is 1. The third-order valence-corrected chi connectivity index (χ3v) is 6.33. The highest BCUT2D eigenvalue weighted by atomic mass is 19.4. The minimum atomic E-state index is -4.84. The number of carboxylic acid groups (broad SMARTS) is 1. The Morgan fingerprint density at radius 2 is 1.23 bits per heavy atom. The van der Waals surface area contributed by atoms with Crippen LogP contribution in [-0.2, 0) is 22.4 Å². The van der Waals surface area contributed by atoms with Crippen molar-refractivity contribution in [2.75, 3.05) is 13.2 Å². The minimum absolute atomic E-state index is 0.0523. The molecule has 0 fully saturated rings. The van der Waals surface area contributed by atoms with E-state index in [1.807, 2.05) is 54.6 Å². The molecule has 2 N–H and O–H groups in total. The van der Waals surface area contributed by atoms with Crippen molar-refractivity contribution in [2.24, 2.45) is 0 Å². The summed E-state index contributed by atoms with van der Waals surface area (Å²) in [6, 6.07) is 28.0. The van der Waals surface area contributed by atoms with Crippen LogP contribution in [0.25, 0.3) is 0 Å². The van der Waals surface area contributed by atoms with Gasteiger partial charge in [-0.3, -0.25) is 4.79 Å². The molecule has 4 aromatic rings. The Kier molecular flexibility index (Phi) is 10.3. The number of rotatable bonds is 14. The highest BCUT2D eigenvalue weighted by molar-refractivity contribution is 5.78. The highest BCUT2D eigenvalue weighted by Crippen LogP contribution is 2.28. The molecule has 0 bridgehead atoms. The Morgan fingerprint density at radius 3 is 1.82 bits per heavy atom. The first-order valence-corrected chi connectivity index (χ1v) is 13.6. The van der Waals surface area contributed by atoms with E-state index in [-0.39, 0.29) is 24.7 Å². The van der Waals surface area contributed by atoms with Gasteiger partial charge in [-0.15, -0.1) is 13.2 Å². The first kappa shape index (κ1) is 31.7. The topological polar surface area (TPSA) is 103 Å². The van der Waals surface area contributed by atoms with Gasteiger partial charge in [-0.25, -0.2) is 4.79 Å². The predicted molar refractivity (Wildman–Crippen MR) is 155 cm³/mol. The number of halogens is 3. The van der Waals surface area contributed by atoms with Crippen LogP contribution in [0.2, 0.25) is 0 Å². The molecule has 0 radical (unpaired) electrons. The summed E-state index contributed by atoms with van der Waals surface area (Å²) in [5, 5.41) is 12.6. The lowest BCUT2D eigenvalue weighted by molar-refractivity contribution is -0.274. The number of aliphatic carboxylic acids is 1. The van der Waals surface area contributed by atoms with Crippen molar-refractivity contribution in [1.29, 1.82) is 0 Å². The van der Waals surface area contributed by atoms with E-state index in [2.05, 4.69) is 10.1 Å². The standard InChI is InChI=1S/C33H30F3NO7/c1-32(31(39)40,43-28-15-17-29(18-16-28)44-33(34,35)36)21-24-9-11-25(12-10-24)41-22-30(38)37-20-19-23-7-13-27(14-8-23)42-26-5-3-2-4-6-26/h2-18H,19-22H2,1H3,(H,37,38)(H,39,40)/t32-/m0/s1. The van der Waals surface area contributed by atoms with Crippen LogP contribution < -0.4 is 24.3 Å². The molecule has 230 valence electrons. The second-order valence-electron chi connectivity index (χ2n) is 9.93. The summed E-state index contributed by atoms with van der Waals surface area (Å²) in [5.41, 5.74) is -0.0832. The minimum Gasteiger partial charge on any atom is -0.484 e. The normalized spacial score (nSPS) is 12.5. The van der Waals surface area contributed by atoms with Crippen molar-refractivity contribution in [3.8, 4) is 28.7 Å². The zero-order valence-electron chi connectivity index (χ0n) is 23.7. The number of nitrogens with one attached hydrogen (secondary N) is 1. The number of ether oxygens (including phenoxy) is 4. The monoisotopic (exact) mass is 609 g/mol. The lowest BCUT2D eigenvalue weighted by atomic mass is 9.96. The number of para-hydroxylation sites is 1. The van der Waals surface area contributed by atoms with Gasteiger partial charge in [0.05, 0.1) is 0 Å². The van der Waals surface area contributed by atoms with E-state index in [1.165, 1.54) is 19.1 Å². The summed E-state index contributed by atoms with van der Waals surface area (Å²) in [5.74, 6) is -0.0675. The second kappa shape index (κ2) is 14.3. The first-order valence-electron chi connectivity index (χ1n) is 13.6. The van der Waals surface area contributed by atoms with Gasteiger partial charge in [0, 0.05) is 13.0 Å². The molecule has 1 atom stereocenters. The number of alkyl halides is 3. The van der Waals surface area contributed by atoms with Gasteiger partial charge in [-0.2, -0.15) is 0 Å². The molecule has 1 amide bonds. The molecule has 0 spiro atoms. The summed E-state index contributed by atoms with van der Waals surface area (Å²) in [7, 11) is 0. The molecule has 0 heterocycles. The highest BCUT2D eigenvalue weighted by Gasteiger charge is 2.36. The van der Waals surface area contributed by atoms with Crippen LogP contribution >= 0.6 is 0 Å². The Bertz CT molecular complexity index is 1510. The molecule has 0 saturated carbocycles. The number of benzene rings is 4. The van der Waals surface area contributed by atoms with E-state index in [1.54, 1.807) is 24.3 Å². The predicted octanol–water partition coefficient (Wildman–Crippen LogP) is 6.58. The van der Waals surface area contributed by atoms with E-state index in [4.69, 9.17) is 14.2 Å². The molecule has 11 heteroatoms. The van der Waals surface area contributed by atoms with Crippen molar-refractivity contribution in [2.45, 2.75) is 31.7 Å². The van der Waals surface area contributed by atoms with Crippen LogP contribution in [0.4, 0.5) is 13.2 Å². The summed E-state index contributed by atoms with van der Waals surface area (Å²) in [6.07, 6.45) is -4.27. The fourth-order valence-corrected chi connectivity index (χ4v) is 4.11. The van der Waals surface area contributed by atoms with Crippen molar-refractivity contribution >= 4 is 11.9 Å². The van der Waals surface area contributed by atoms with Gasteiger partial charge in [0.2, 0.25) is 5.60 Å². The van der Waals surface area contributed by atoms with Crippen molar-refractivity contribution in [3.63, 3.8) is 0 Å². The van der Waals surface area contributed by atoms with E-state index in [0.29, 0.717) is 24.3 Å². The SMILES string of the molecule is C[C@@](Cc1ccc(OCC(=O)NCCc2ccc(Oc3ccccc3)cc2)cc1)(Oc1ccc(OC(F)(F)F)cc1)C(=O)O. The van der Waals surface area contributed by atoms with Crippen molar-refractivity contribution in [3.05, 3.63) is 114 Å². The Labute approximate surface area is 252 Å². The van der Waals surface area contributed by atoms with Gasteiger partial charge in [0.25, 0.3) is 5.91 Å². The number of hydrogen-bond donors (Lipinski definition) is 2. The number of hydrogen-bond acceptors (Lipinski definition) is 6. The quantitative estimate of drug-likeness (QED) is 0.167. The second-order valence-corrected chi connectivity index (χ2v) is 9.93. The third-order valence-electron chi connectivity index (χ3n) is 6.33. The maximum atomic E-state index is 12.4. The number of carbonyl (C=O) groups is 2. The maximum absolute atomic E-state index is 12.4. The zero-order chi connectivity index (χ0) is 31.6. The smallest absolute Gasteiger partial charge is 0.484 e. The van der Waals surface area contributed by atoms with Crippen LogP contribution in [0, 0.1) is 0 Å². The fraction of sp³-hybridized carbons (Fsp3) is 0.212. The van der Waals surface area contributed by atoms with Gasteiger partial charge in [0.15, 0.2) is 6.61 Å². The molecule has 0 aromatic heterocycles. The summed E-state index contributed by atoms with van der Waals surface area (Å²) in [6.45, 7) is 1.58. The van der Waals surface area contributed by atoms with Crippen LogP contribution in [-0.4, -0.2) is 42.1 Å². The van der Waals surface area contributed by atoms with Crippen LogP contribution in [0.5, 0.6) is 28.7 Å². The average molecular weight is 610 g/mol. The summed E-state index contributed by atoms with van der Waals surface area (Å²) >= 11 is 0. The van der Waals surface area contributed by atoms with Gasteiger partial charge in [-0.05, 0) is 85.1 Å². The Balaban J connectivity index is 1.21. The van der Waals surface area contributed by atoms with E-state index in [0.717, 1.165) is 29.2 Å². The summed E-state index contributed by atoms with van der Waals surface area (Å²) in [4.78, 5) is 24.3. The molecule has 4 aromatic carbocycles. The lowest BCUT2D eigenvalue weighted by Crippen LogP contribution is -2.43. The number of carbonyl (C=O) groups excluding carboxylic acids is 1. The molecule has 4 rings (SSSR count). The Hall–Kier alpha value is -5.19. The molecule has 0 aliphatic rings. The van der Waals surface area contributed by atoms with Gasteiger partial charge in [0.1, 0.15) is 28.7 Å². The molecule has 0 aliphatic carbocycles. The van der Waals surface area contributed by atoms with E-state index >= 15 is 0 Å². The molecule has 0 aliphatic heterocycles. The molecular weight excluding hydrogens is 579 g/mol. The van der Waals surface area contributed by atoms with Crippen LogP contribution in [0.15, 0.2) is 103 Å². The van der Waals surface area contributed by atoms with Gasteiger partial charge < -0.3 is 29.4 Å². The van der Waals surface area contributed by atoms with Crippen LogP contribution in [0.3, 0.4) is 0 Å². The largest absolute Gasteiger partial charge is 0.573 e. The molecular formula is C33H30F3NO7. The summed E-state index contributed by atoms with van der Waals surface area (Å²) < 4.78 is 57.9. The molecule has 8 nitrogen and oxygen atoms in total. The molecule has 0 saturated heterocycles.